The van der Waals surface area contributed by atoms with E-state index in [9.17, 15) is 4.39 Å². The van der Waals surface area contributed by atoms with Gasteiger partial charge >= 0.3 is 0 Å². The molecule has 2 rings (SSSR count). The SMILES string of the molecule is N#Cc1c(F)cccc1OC1CCCCC1. The average molecular weight is 219 g/mol. The van der Waals surface area contributed by atoms with Crippen LogP contribution in [0.2, 0.25) is 0 Å². The van der Waals surface area contributed by atoms with E-state index in [0.717, 1.165) is 25.7 Å². The van der Waals surface area contributed by atoms with Crippen LogP contribution >= 0.6 is 0 Å². The van der Waals surface area contributed by atoms with Crippen LogP contribution in [0.4, 0.5) is 4.39 Å². The quantitative estimate of drug-likeness (QED) is 0.763. The van der Waals surface area contributed by atoms with Crippen LogP contribution in [0.5, 0.6) is 5.75 Å². The van der Waals surface area contributed by atoms with Gasteiger partial charge in [-0.15, -0.1) is 0 Å². The number of hydrogen-bond acceptors (Lipinski definition) is 2. The van der Waals surface area contributed by atoms with Crippen LogP contribution in [0.1, 0.15) is 37.7 Å². The molecule has 1 aliphatic rings. The second-order valence-corrected chi connectivity index (χ2v) is 4.10. The van der Waals surface area contributed by atoms with Gasteiger partial charge in [0.1, 0.15) is 23.2 Å². The summed E-state index contributed by atoms with van der Waals surface area (Å²) in [5, 5.41) is 8.86. The molecule has 1 aromatic carbocycles. The lowest BCUT2D eigenvalue weighted by molar-refractivity contribution is 0.154. The highest BCUT2D eigenvalue weighted by atomic mass is 19.1. The van der Waals surface area contributed by atoms with Crippen LogP contribution in [0.15, 0.2) is 18.2 Å². The molecule has 0 aromatic heterocycles. The molecule has 3 heteroatoms. The van der Waals surface area contributed by atoms with Crippen molar-refractivity contribution in [2.75, 3.05) is 0 Å². The van der Waals surface area contributed by atoms with E-state index in [4.69, 9.17) is 10.00 Å². The molecule has 0 radical (unpaired) electrons. The fourth-order valence-corrected chi connectivity index (χ4v) is 2.07. The summed E-state index contributed by atoms with van der Waals surface area (Å²) in [6, 6.07) is 6.38. The Labute approximate surface area is 94.7 Å². The number of hydrogen-bond donors (Lipinski definition) is 0. The lowest BCUT2D eigenvalue weighted by atomic mass is 9.98. The van der Waals surface area contributed by atoms with Gasteiger partial charge in [-0.3, -0.25) is 0 Å². The van der Waals surface area contributed by atoms with Gasteiger partial charge in [0.05, 0.1) is 6.10 Å². The Morgan fingerprint density at radius 2 is 2.00 bits per heavy atom. The predicted molar refractivity (Wildman–Crippen MR) is 58.6 cm³/mol. The maximum absolute atomic E-state index is 13.3. The van der Waals surface area contributed by atoms with E-state index in [-0.39, 0.29) is 11.7 Å². The largest absolute Gasteiger partial charge is 0.489 e. The number of nitriles is 1. The van der Waals surface area contributed by atoms with Crippen LogP contribution in [0, 0.1) is 17.1 Å². The zero-order valence-corrected chi connectivity index (χ0v) is 9.08. The minimum Gasteiger partial charge on any atom is -0.489 e. The molecule has 84 valence electrons. The third-order valence-electron chi connectivity index (χ3n) is 2.93. The molecule has 1 fully saturated rings. The molecule has 1 aliphatic carbocycles. The van der Waals surface area contributed by atoms with Crippen molar-refractivity contribution in [1.82, 2.24) is 0 Å². The summed E-state index contributed by atoms with van der Waals surface area (Å²) in [6.07, 6.45) is 5.70. The summed E-state index contributed by atoms with van der Waals surface area (Å²) in [4.78, 5) is 0. The van der Waals surface area contributed by atoms with E-state index in [0.29, 0.717) is 5.75 Å². The van der Waals surface area contributed by atoms with Gasteiger partial charge in [0.2, 0.25) is 0 Å². The van der Waals surface area contributed by atoms with Gasteiger partial charge in [-0.05, 0) is 37.8 Å². The maximum Gasteiger partial charge on any atom is 0.144 e. The first kappa shape index (κ1) is 10.9. The lowest BCUT2D eigenvalue weighted by Gasteiger charge is -2.23. The average Bonchev–Trinajstić information content (AvgIpc) is 2.31. The normalized spacial score (nSPS) is 16.8. The summed E-state index contributed by atoms with van der Waals surface area (Å²) >= 11 is 0. The van der Waals surface area contributed by atoms with Crippen molar-refractivity contribution >= 4 is 0 Å². The van der Waals surface area contributed by atoms with E-state index in [2.05, 4.69) is 0 Å². The molecule has 0 heterocycles. The van der Waals surface area contributed by atoms with Gasteiger partial charge in [0.15, 0.2) is 0 Å². The number of ether oxygens (including phenoxy) is 1. The molecule has 0 aliphatic heterocycles. The van der Waals surface area contributed by atoms with Crippen LogP contribution < -0.4 is 4.74 Å². The first-order valence-electron chi connectivity index (χ1n) is 5.66. The predicted octanol–water partition coefficient (Wildman–Crippen LogP) is 3.41. The van der Waals surface area contributed by atoms with E-state index >= 15 is 0 Å². The number of rotatable bonds is 2. The number of halogens is 1. The van der Waals surface area contributed by atoms with Crippen molar-refractivity contribution in [3.05, 3.63) is 29.6 Å². The van der Waals surface area contributed by atoms with Crippen molar-refractivity contribution in [2.24, 2.45) is 0 Å². The molecular formula is C13H14FNO. The molecule has 0 saturated heterocycles. The Bertz CT molecular complexity index is 405. The highest BCUT2D eigenvalue weighted by Crippen LogP contribution is 2.26. The second kappa shape index (κ2) is 4.98. The van der Waals surface area contributed by atoms with Gasteiger partial charge in [0.25, 0.3) is 0 Å². The smallest absolute Gasteiger partial charge is 0.144 e. The Hall–Kier alpha value is -1.56. The van der Waals surface area contributed by atoms with E-state index in [1.54, 1.807) is 12.1 Å². The zero-order chi connectivity index (χ0) is 11.4. The molecule has 1 saturated carbocycles. The summed E-state index contributed by atoms with van der Waals surface area (Å²) in [6.45, 7) is 0. The van der Waals surface area contributed by atoms with Crippen LogP contribution in [-0.2, 0) is 0 Å². The van der Waals surface area contributed by atoms with Crippen molar-refractivity contribution in [3.63, 3.8) is 0 Å². The van der Waals surface area contributed by atoms with E-state index < -0.39 is 5.82 Å². The fraction of sp³-hybridized carbons (Fsp3) is 0.462. The summed E-state index contributed by atoms with van der Waals surface area (Å²) in [5.74, 6) is -0.120. The second-order valence-electron chi connectivity index (χ2n) is 4.10. The first-order valence-corrected chi connectivity index (χ1v) is 5.66. The fourth-order valence-electron chi connectivity index (χ4n) is 2.07. The highest BCUT2D eigenvalue weighted by molar-refractivity contribution is 5.43. The van der Waals surface area contributed by atoms with Crippen molar-refractivity contribution in [3.8, 4) is 11.8 Å². The Morgan fingerprint density at radius 1 is 1.25 bits per heavy atom. The van der Waals surface area contributed by atoms with E-state index in [1.165, 1.54) is 12.5 Å². The monoisotopic (exact) mass is 219 g/mol. The Balaban J connectivity index is 2.14. The van der Waals surface area contributed by atoms with Gasteiger partial charge in [-0.25, -0.2) is 4.39 Å². The molecule has 2 nitrogen and oxygen atoms in total. The van der Waals surface area contributed by atoms with Crippen LogP contribution in [-0.4, -0.2) is 6.10 Å². The molecule has 16 heavy (non-hydrogen) atoms. The Kier molecular flexibility index (Phi) is 3.40. The van der Waals surface area contributed by atoms with Gasteiger partial charge in [-0.2, -0.15) is 5.26 Å². The van der Waals surface area contributed by atoms with Gasteiger partial charge in [0, 0.05) is 0 Å². The third kappa shape index (κ3) is 2.33. The Morgan fingerprint density at radius 3 is 2.69 bits per heavy atom. The van der Waals surface area contributed by atoms with Gasteiger partial charge < -0.3 is 4.74 Å². The van der Waals surface area contributed by atoms with Crippen molar-refractivity contribution in [2.45, 2.75) is 38.2 Å². The summed E-state index contributed by atoms with van der Waals surface area (Å²) < 4.78 is 19.0. The zero-order valence-electron chi connectivity index (χ0n) is 9.08. The number of nitrogens with zero attached hydrogens (tertiary/aromatic N) is 1. The minimum atomic E-state index is -0.504. The maximum atomic E-state index is 13.3. The molecule has 0 atom stereocenters. The van der Waals surface area contributed by atoms with Gasteiger partial charge in [-0.1, -0.05) is 12.5 Å². The molecule has 0 spiro atoms. The standard InChI is InChI=1S/C13H14FNO/c14-12-7-4-8-13(11(12)9-15)16-10-5-2-1-3-6-10/h4,7-8,10H,1-3,5-6H2. The third-order valence-corrected chi connectivity index (χ3v) is 2.93. The topological polar surface area (TPSA) is 33.0 Å². The molecular weight excluding hydrogens is 205 g/mol. The number of benzene rings is 1. The van der Waals surface area contributed by atoms with Crippen LogP contribution in [0.3, 0.4) is 0 Å². The summed E-state index contributed by atoms with van der Waals surface area (Å²) in [7, 11) is 0. The summed E-state index contributed by atoms with van der Waals surface area (Å²) in [5.41, 5.74) is 0.0214. The molecule has 0 N–H and O–H groups in total. The molecule has 1 aromatic rings. The highest BCUT2D eigenvalue weighted by Gasteiger charge is 2.17. The van der Waals surface area contributed by atoms with Crippen LogP contribution in [0.25, 0.3) is 0 Å². The van der Waals surface area contributed by atoms with Crippen molar-refractivity contribution in [1.29, 1.82) is 5.26 Å². The first-order chi connectivity index (χ1) is 7.81. The van der Waals surface area contributed by atoms with Crippen molar-refractivity contribution < 1.29 is 9.13 Å². The van der Waals surface area contributed by atoms with E-state index in [1.807, 2.05) is 6.07 Å². The molecule has 0 unspecified atom stereocenters. The molecule has 0 bridgehead atoms. The minimum absolute atomic E-state index is 0.0214. The molecule has 0 amide bonds. The lowest BCUT2D eigenvalue weighted by Crippen LogP contribution is -2.20.